The highest BCUT2D eigenvalue weighted by molar-refractivity contribution is 9.10. The molecule has 132 valence electrons. The van der Waals surface area contributed by atoms with Crippen molar-refractivity contribution in [2.75, 3.05) is 11.9 Å². The second kappa shape index (κ2) is 6.80. The molecule has 0 bridgehead atoms. The lowest BCUT2D eigenvalue weighted by atomic mass is 10.4. The first-order valence-electron chi connectivity index (χ1n) is 6.79. The predicted molar refractivity (Wildman–Crippen MR) is 82.9 cm³/mol. The fourth-order valence-electron chi connectivity index (χ4n) is 1.91. The molecular formula is C13H10BrF3N6O2. The first kappa shape index (κ1) is 17.4. The van der Waals surface area contributed by atoms with Gasteiger partial charge >= 0.3 is 6.18 Å². The molecule has 3 heterocycles. The van der Waals surface area contributed by atoms with Crippen LogP contribution in [0.25, 0.3) is 5.65 Å². The van der Waals surface area contributed by atoms with Crippen LogP contribution in [-0.4, -0.2) is 43.1 Å². The first-order valence-corrected chi connectivity index (χ1v) is 7.59. The average Bonchev–Trinajstić information content (AvgIpc) is 3.12. The van der Waals surface area contributed by atoms with Gasteiger partial charge < -0.3 is 10.1 Å². The number of nitrogens with zero attached hydrogens (tertiary/aromatic N) is 5. The van der Waals surface area contributed by atoms with E-state index in [9.17, 15) is 18.0 Å². The highest BCUT2D eigenvalue weighted by Gasteiger charge is 2.27. The average molecular weight is 419 g/mol. The summed E-state index contributed by atoms with van der Waals surface area (Å²) in [6.07, 6.45) is 1.45. The smallest absolute Gasteiger partial charge is 0.350 e. The molecule has 0 spiro atoms. The minimum absolute atomic E-state index is 0.131. The van der Waals surface area contributed by atoms with Crippen molar-refractivity contribution in [2.24, 2.45) is 0 Å². The summed E-state index contributed by atoms with van der Waals surface area (Å²) in [7, 11) is 0. The number of aromatic nitrogens is 5. The molecule has 0 saturated carbocycles. The molecule has 0 aliphatic rings. The number of carbonyl (C=O) groups excluding carboxylic acids is 1. The van der Waals surface area contributed by atoms with E-state index in [1.807, 2.05) is 0 Å². The summed E-state index contributed by atoms with van der Waals surface area (Å²) in [5, 5.41) is 10.4. The van der Waals surface area contributed by atoms with Crippen LogP contribution >= 0.6 is 15.9 Å². The van der Waals surface area contributed by atoms with Crippen molar-refractivity contribution in [1.82, 2.24) is 24.4 Å². The summed E-state index contributed by atoms with van der Waals surface area (Å²) in [6.45, 7) is -1.76. The van der Waals surface area contributed by atoms with Crippen molar-refractivity contribution in [3.8, 4) is 0 Å². The van der Waals surface area contributed by atoms with Gasteiger partial charge in [0.15, 0.2) is 11.3 Å². The number of alkyl halides is 3. The lowest BCUT2D eigenvalue weighted by Gasteiger charge is -2.07. The second-order valence-corrected chi connectivity index (χ2v) is 5.84. The molecule has 0 saturated heterocycles. The van der Waals surface area contributed by atoms with Crippen molar-refractivity contribution in [3.63, 3.8) is 0 Å². The highest BCUT2D eigenvalue weighted by Crippen LogP contribution is 2.15. The predicted octanol–water partition coefficient (Wildman–Crippen LogP) is 2.48. The third-order valence-corrected chi connectivity index (χ3v) is 3.30. The van der Waals surface area contributed by atoms with E-state index in [-0.39, 0.29) is 12.4 Å². The summed E-state index contributed by atoms with van der Waals surface area (Å²) in [6, 6.07) is 1.50. The maximum Gasteiger partial charge on any atom is 0.411 e. The van der Waals surface area contributed by atoms with Crippen molar-refractivity contribution in [1.29, 1.82) is 0 Å². The Kier molecular flexibility index (Phi) is 4.72. The Morgan fingerprint density at radius 3 is 2.88 bits per heavy atom. The Bertz CT molecular complexity index is 907. The van der Waals surface area contributed by atoms with E-state index in [2.05, 4.69) is 41.2 Å². The number of halogens is 4. The van der Waals surface area contributed by atoms with Crippen LogP contribution in [0.15, 0.2) is 35.3 Å². The summed E-state index contributed by atoms with van der Waals surface area (Å²) in [5.41, 5.74) is 0.920. The zero-order valence-corrected chi connectivity index (χ0v) is 14.0. The molecule has 12 heteroatoms. The highest BCUT2D eigenvalue weighted by atomic mass is 79.9. The SMILES string of the molecule is O=C(Nc1cnn(COCC(F)(F)F)c1)c1cc2ncc(Br)cn2n1. The van der Waals surface area contributed by atoms with Gasteiger partial charge in [0.25, 0.3) is 5.91 Å². The third kappa shape index (κ3) is 4.54. The van der Waals surface area contributed by atoms with Crippen LogP contribution in [0.2, 0.25) is 0 Å². The van der Waals surface area contributed by atoms with Gasteiger partial charge in [0.05, 0.1) is 22.6 Å². The number of rotatable bonds is 5. The molecular weight excluding hydrogens is 409 g/mol. The van der Waals surface area contributed by atoms with E-state index < -0.39 is 18.7 Å². The summed E-state index contributed by atoms with van der Waals surface area (Å²) in [5.74, 6) is -0.502. The summed E-state index contributed by atoms with van der Waals surface area (Å²) < 4.78 is 43.8. The molecule has 0 aliphatic carbocycles. The van der Waals surface area contributed by atoms with Crippen LogP contribution in [0.4, 0.5) is 18.9 Å². The molecule has 25 heavy (non-hydrogen) atoms. The van der Waals surface area contributed by atoms with Crippen LogP contribution in [0.3, 0.4) is 0 Å². The molecule has 0 aromatic carbocycles. The van der Waals surface area contributed by atoms with Crippen LogP contribution in [0.5, 0.6) is 0 Å². The van der Waals surface area contributed by atoms with Gasteiger partial charge in [0, 0.05) is 18.5 Å². The van der Waals surface area contributed by atoms with Gasteiger partial charge in [-0.25, -0.2) is 14.2 Å². The fourth-order valence-corrected chi connectivity index (χ4v) is 2.21. The van der Waals surface area contributed by atoms with E-state index in [1.165, 1.54) is 23.0 Å². The van der Waals surface area contributed by atoms with E-state index in [1.54, 1.807) is 12.4 Å². The number of hydrogen-bond donors (Lipinski definition) is 1. The second-order valence-electron chi connectivity index (χ2n) is 4.92. The van der Waals surface area contributed by atoms with Crippen LogP contribution < -0.4 is 5.32 Å². The third-order valence-electron chi connectivity index (χ3n) is 2.89. The molecule has 0 radical (unpaired) electrons. The van der Waals surface area contributed by atoms with Crippen LogP contribution in [-0.2, 0) is 11.5 Å². The fraction of sp³-hybridized carbons (Fsp3) is 0.231. The maximum absolute atomic E-state index is 12.2. The summed E-state index contributed by atoms with van der Waals surface area (Å²) in [4.78, 5) is 16.3. The van der Waals surface area contributed by atoms with Crippen molar-refractivity contribution < 1.29 is 22.7 Å². The van der Waals surface area contributed by atoms with E-state index in [4.69, 9.17) is 0 Å². The van der Waals surface area contributed by atoms with Crippen molar-refractivity contribution in [2.45, 2.75) is 12.9 Å². The topological polar surface area (TPSA) is 86.3 Å². The quantitative estimate of drug-likeness (QED) is 0.687. The Hall–Kier alpha value is -2.47. The van der Waals surface area contributed by atoms with Crippen molar-refractivity contribution >= 4 is 33.2 Å². The molecule has 3 aromatic heterocycles. The maximum atomic E-state index is 12.2. The lowest BCUT2D eigenvalue weighted by Crippen LogP contribution is -2.18. The molecule has 3 rings (SSSR count). The minimum Gasteiger partial charge on any atom is -0.350 e. The largest absolute Gasteiger partial charge is 0.411 e. The number of ether oxygens (including phenoxy) is 1. The van der Waals surface area contributed by atoms with E-state index in [0.29, 0.717) is 15.8 Å². The monoisotopic (exact) mass is 418 g/mol. The zero-order valence-electron chi connectivity index (χ0n) is 12.4. The number of fused-ring (bicyclic) bond motifs is 1. The zero-order chi connectivity index (χ0) is 18.0. The van der Waals surface area contributed by atoms with E-state index in [0.717, 1.165) is 4.68 Å². The Labute approximate surface area is 146 Å². The Morgan fingerprint density at radius 2 is 2.12 bits per heavy atom. The molecule has 0 fully saturated rings. The molecule has 3 aromatic rings. The van der Waals surface area contributed by atoms with Crippen LogP contribution in [0, 0.1) is 0 Å². The van der Waals surface area contributed by atoms with Gasteiger partial charge in [-0.2, -0.15) is 23.4 Å². The normalized spacial score (nSPS) is 11.8. The Balaban J connectivity index is 1.62. The molecule has 1 N–H and O–H groups in total. The van der Waals surface area contributed by atoms with Gasteiger partial charge in [-0.05, 0) is 15.9 Å². The molecule has 8 nitrogen and oxygen atoms in total. The van der Waals surface area contributed by atoms with Gasteiger partial charge in [-0.1, -0.05) is 0 Å². The molecule has 0 atom stereocenters. The number of hydrogen-bond acceptors (Lipinski definition) is 5. The summed E-state index contributed by atoms with van der Waals surface area (Å²) >= 11 is 3.25. The van der Waals surface area contributed by atoms with Gasteiger partial charge in [0.2, 0.25) is 0 Å². The molecule has 0 aliphatic heterocycles. The minimum atomic E-state index is -4.41. The molecule has 0 unspecified atom stereocenters. The number of amides is 1. The van der Waals surface area contributed by atoms with E-state index >= 15 is 0 Å². The molecule has 1 amide bonds. The number of anilines is 1. The van der Waals surface area contributed by atoms with Crippen molar-refractivity contribution in [3.05, 3.63) is 41.0 Å². The standard InChI is InChI=1S/C13H10BrF3N6O2/c14-8-2-18-11-1-10(21-23(11)4-8)12(24)20-9-3-19-22(5-9)7-25-6-13(15,16)17/h1-5H,6-7H2,(H,20,24). The van der Waals surface area contributed by atoms with Gasteiger partial charge in [-0.15, -0.1) is 0 Å². The number of carbonyl (C=O) groups is 1. The number of nitrogens with one attached hydrogen (secondary N) is 1. The van der Waals surface area contributed by atoms with Crippen LogP contribution in [0.1, 0.15) is 10.5 Å². The van der Waals surface area contributed by atoms with Gasteiger partial charge in [-0.3, -0.25) is 4.79 Å². The first-order chi connectivity index (χ1) is 11.8. The van der Waals surface area contributed by atoms with Gasteiger partial charge in [0.1, 0.15) is 13.3 Å². The Morgan fingerprint density at radius 1 is 1.32 bits per heavy atom. The lowest BCUT2D eigenvalue weighted by molar-refractivity contribution is -0.182.